The van der Waals surface area contributed by atoms with Crippen molar-refractivity contribution in [2.45, 2.75) is 19.4 Å². The number of hydrogen-bond acceptors (Lipinski definition) is 5. The topological polar surface area (TPSA) is 74.2 Å². The van der Waals surface area contributed by atoms with Gasteiger partial charge in [-0.3, -0.25) is 0 Å². The highest BCUT2D eigenvalue weighted by molar-refractivity contribution is 5.54. The predicted molar refractivity (Wildman–Crippen MR) is 67.6 cm³/mol. The van der Waals surface area contributed by atoms with Crippen LogP contribution in [0.3, 0.4) is 0 Å². The van der Waals surface area contributed by atoms with Gasteiger partial charge in [-0.2, -0.15) is 4.98 Å². The van der Waals surface area contributed by atoms with Gasteiger partial charge in [0.15, 0.2) is 23.3 Å². The molecule has 21 heavy (non-hydrogen) atoms. The Hall–Kier alpha value is -1.93. The minimum absolute atomic E-state index is 0.102. The summed E-state index contributed by atoms with van der Waals surface area (Å²) in [4.78, 5) is 3.88. The molecule has 1 heterocycles. The first-order chi connectivity index (χ1) is 10.0. The molecule has 0 radical (unpaired) electrons. The Morgan fingerprint density at radius 1 is 1.29 bits per heavy atom. The molecular weight excluding hydrogens is 287 g/mol. The molecule has 0 saturated heterocycles. The minimum Gasteiger partial charge on any atom is -0.379 e. The van der Waals surface area contributed by atoms with Crippen LogP contribution in [-0.2, 0) is 4.74 Å². The van der Waals surface area contributed by atoms with E-state index in [0.29, 0.717) is 6.61 Å². The Morgan fingerprint density at radius 2 is 2.05 bits per heavy atom. The van der Waals surface area contributed by atoms with Crippen LogP contribution in [0.2, 0.25) is 0 Å². The lowest BCUT2D eigenvalue weighted by molar-refractivity contribution is 0.119. The van der Waals surface area contributed by atoms with Gasteiger partial charge in [0.2, 0.25) is 0 Å². The van der Waals surface area contributed by atoms with Crippen LogP contribution in [0.1, 0.15) is 25.2 Å². The largest absolute Gasteiger partial charge is 0.379 e. The molecule has 0 fully saturated rings. The van der Waals surface area contributed by atoms with Gasteiger partial charge in [-0.1, -0.05) is 12.1 Å². The lowest BCUT2D eigenvalue weighted by atomic mass is 10.2. The van der Waals surface area contributed by atoms with Gasteiger partial charge in [-0.25, -0.2) is 13.2 Å². The summed E-state index contributed by atoms with van der Waals surface area (Å²) in [5, 5.41) is 3.59. The molecule has 0 aliphatic rings. The van der Waals surface area contributed by atoms with Gasteiger partial charge in [0.1, 0.15) is 0 Å². The van der Waals surface area contributed by atoms with Gasteiger partial charge in [0.05, 0.1) is 18.2 Å². The molecule has 0 aliphatic heterocycles. The van der Waals surface area contributed by atoms with Crippen LogP contribution in [0, 0.1) is 17.5 Å². The predicted octanol–water partition coefficient (Wildman–Crippen LogP) is 2.58. The first-order valence-electron chi connectivity index (χ1n) is 6.35. The van der Waals surface area contributed by atoms with E-state index in [9.17, 15) is 13.2 Å². The van der Waals surface area contributed by atoms with Crippen molar-refractivity contribution >= 4 is 0 Å². The summed E-state index contributed by atoms with van der Waals surface area (Å²) in [5.41, 5.74) is 5.46. The number of ether oxygens (including phenoxy) is 1. The Balaban J connectivity index is 2.18. The highest BCUT2D eigenvalue weighted by atomic mass is 19.2. The van der Waals surface area contributed by atoms with E-state index in [-0.39, 0.29) is 23.9 Å². The van der Waals surface area contributed by atoms with Crippen molar-refractivity contribution in [3.63, 3.8) is 0 Å². The molecule has 2 rings (SSSR count). The normalized spacial score (nSPS) is 12.6. The smallest absolute Gasteiger partial charge is 0.261 e. The molecule has 0 aliphatic carbocycles. The zero-order valence-corrected chi connectivity index (χ0v) is 11.3. The zero-order valence-electron chi connectivity index (χ0n) is 11.3. The summed E-state index contributed by atoms with van der Waals surface area (Å²) >= 11 is 0. The molecular formula is C13H14F3N3O2. The minimum atomic E-state index is -1.59. The highest BCUT2D eigenvalue weighted by Gasteiger charge is 2.21. The Morgan fingerprint density at radius 3 is 2.76 bits per heavy atom. The van der Waals surface area contributed by atoms with Crippen molar-refractivity contribution < 1.29 is 22.4 Å². The van der Waals surface area contributed by atoms with Gasteiger partial charge >= 0.3 is 0 Å². The van der Waals surface area contributed by atoms with E-state index >= 15 is 0 Å². The summed E-state index contributed by atoms with van der Waals surface area (Å²) in [6.45, 7) is 2.66. The van der Waals surface area contributed by atoms with Crippen molar-refractivity contribution in [3.8, 4) is 11.5 Å². The van der Waals surface area contributed by atoms with Crippen molar-refractivity contribution in [1.29, 1.82) is 0 Å². The molecule has 0 bridgehead atoms. The molecule has 0 saturated carbocycles. The van der Waals surface area contributed by atoms with E-state index in [1.807, 2.05) is 6.92 Å². The SMILES string of the molecule is CCCOCC(N)c1noc(-c2ccc(F)c(F)c2F)n1. The van der Waals surface area contributed by atoms with Crippen LogP contribution in [0.15, 0.2) is 16.7 Å². The van der Waals surface area contributed by atoms with Crippen molar-refractivity contribution in [2.24, 2.45) is 5.73 Å². The van der Waals surface area contributed by atoms with Crippen LogP contribution in [-0.4, -0.2) is 23.4 Å². The fraction of sp³-hybridized carbons (Fsp3) is 0.385. The average molecular weight is 301 g/mol. The third-order valence-electron chi connectivity index (χ3n) is 2.68. The molecule has 2 N–H and O–H groups in total. The highest BCUT2D eigenvalue weighted by Crippen LogP contribution is 2.25. The number of benzene rings is 1. The number of rotatable bonds is 6. The van der Waals surface area contributed by atoms with Crippen molar-refractivity contribution in [1.82, 2.24) is 10.1 Å². The second-order valence-electron chi connectivity index (χ2n) is 4.36. The van der Waals surface area contributed by atoms with E-state index in [4.69, 9.17) is 15.0 Å². The lowest BCUT2D eigenvalue weighted by Crippen LogP contribution is -2.18. The maximum absolute atomic E-state index is 13.6. The van der Waals surface area contributed by atoms with Crippen molar-refractivity contribution in [2.75, 3.05) is 13.2 Å². The maximum atomic E-state index is 13.6. The summed E-state index contributed by atoms with van der Waals surface area (Å²) in [6.07, 6.45) is 0.838. The van der Waals surface area contributed by atoms with Crippen LogP contribution in [0.4, 0.5) is 13.2 Å². The second-order valence-corrected chi connectivity index (χ2v) is 4.36. The first-order valence-corrected chi connectivity index (χ1v) is 6.35. The van der Waals surface area contributed by atoms with E-state index < -0.39 is 23.5 Å². The number of hydrogen-bond donors (Lipinski definition) is 1. The van der Waals surface area contributed by atoms with Crippen LogP contribution >= 0.6 is 0 Å². The molecule has 1 atom stereocenters. The van der Waals surface area contributed by atoms with Gasteiger partial charge < -0.3 is 15.0 Å². The Bertz CT molecular complexity index is 619. The third kappa shape index (κ3) is 3.40. The molecule has 114 valence electrons. The van der Waals surface area contributed by atoms with E-state index in [2.05, 4.69) is 10.1 Å². The molecule has 1 aromatic carbocycles. The summed E-state index contributed by atoms with van der Waals surface area (Å²) < 4.78 is 49.7. The molecule has 1 unspecified atom stereocenters. The van der Waals surface area contributed by atoms with Gasteiger partial charge in [-0.15, -0.1) is 0 Å². The zero-order chi connectivity index (χ0) is 15.4. The van der Waals surface area contributed by atoms with Crippen LogP contribution in [0.25, 0.3) is 11.5 Å². The summed E-state index contributed by atoms with van der Waals surface area (Å²) in [7, 11) is 0. The molecule has 0 spiro atoms. The van der Waals surface area contributed by atoms with Gasteiger partial charge in [-0.05, 0) is 18.6 Å². The fourth-order valence-electron chi connectivity index (χ4n) is 1.62. The molecule has 2 aromatic rings. The van der Waals surface area contributed by atoms with Crippen LogP contribution in [0.5, 0.6) is 0 Å². The van der Waals surface area contributed by atoms with E-state index in [1.165, 1.54) is 0 Å². The Kier molecular flexibility index (Phi) is 4.92. The van der Waals surface area contributed by atoms with Gasteiger partial charge in [0, 0.05) is 6.61 Å². The number of nitrogens with zero attached hydrogens (tertiary/aromatic N) is 2. The monoisotopic (exact) mass is 301 g/mol. The van der Waals surface area contributed by atoms with Crippen LogP contribution < -0.4 is 5.73 Å². The Labute approximate surface area is 118 Å². The number of aromatic nitrogens is 2. The molecule has 0 amide bonds. The molecule has 5 nitrogen and oxygen atoms in total. The summed E-state index contributed by atoms with van der Waals surface area (Å²) in [6, 6.07) is 1.15. The molecule has 1 aromatic heterocycles. The second kappa shape index (κ2) is 6.68. The number of nitrogens with two attached hydrogens (primary N) is 1. The quantitative estimate of drug-likeness (QED) is 0.655. The maximum Gasteiger partial charge on any atom is 0.261 e. The van der Waals surface area contributed by atoms with Crippen molar-refractivity contribution in [3.05, 3.63) is 35.4 Å². The molecule has 8 heteroatoms. The van der Waals surface area contributed by atoms with E-state index in [0.717, 1.165) is 18.6 Å². The standard InChI is InChI=1S/C13H14F3N3O2/c1-2-5-20-6-9(17)12-18-13(21-19-12)7-3-4-8(14)11(16)10(7)15/h3-4,9H,2,5-6,17H2,1H3. The third-order valence-corrected chi connectivity index (χ3v) is 2.68. The van der Waals surface area contributed by atoms with E-state index in [1.54, 1.807) is 0 Å². The lowest BCUT2D eigenvalue weighted by Gasteiger charge is -2.06. The summed E-state index contributed by atoms with van der Waals surface area (Å²) in [5.74, 6) is -4.44. The first kappa shape index (κ1) is 15.5. The number of halogens is 3. The fourth-order valence-corrected chi connectivity index (χ4v) is 1.62. The average Bonchev–Trinajstić information content (AvgIpc) is 2.95. The van der Waals surface area contributed by atoms with Gasteiger partial charge in [0.25, 0.3) is 5.89 Å².